The number of aromatic nitrogens is 2. The first-order valence-corrected chi connectivity index (χ1v) is 7.82. The quantitative estimate of drug-likeness (QED) is 0.597. The number of ether oxygens (including phenoxy) is 1. The van der Waals surface area contributed by atoms with E-state index in [1.54, 1.807) is 0 Å². The summed E-state index contributed by atoms with van der Waals surface area (Å²) in [5.41, 5.74) is 4.12. The Hall–Kier alpha value is -0.470. The number of nitrogens with one attached hydrogen (secondary N) is 1. The summed E-state index contributed by atoms with van der Waals surface area (Å²) in [5.74, 6) is 6.31. The average Bonchev–Trinajstić information content (AvgIpc) is 2.80. The zero-order valence-electron chi connectivity index (χ0n) is 12.2. The fourth-order valence-electron chi connectivity index (χ4n) is 2.64. The van der Waals surface area contributed by atoms with E-state index in [1.807, 2.05) is 10.9 Å². The molecule has 2 rings (SSSR count). The van der Waals surface area contributed by atoms with E-state index in [0.717, 1.165) is 49.3 Å². The summed E-state index contributed by atoms with van der Waals surface area (Å²) in [5, 5.41) is 4.47. The van der Waals surface area contributed by atoms with Gasteiger partial charge in [0.15, 0.2) is 0 Å². The number of nitrogens with zero attached hydrogens (tertiary/aromatic N) is 3. The third-order valence-electron chi connectivity index (χ3n) is 3.80. The Kier molecular flexibility index (Phi) is 5.98. The lowest BCUT2D eigenvalue weighted by atomic mass is 9.90. The summed E-state index contributed by atoms with van der Waals surface area (Å²) >= 11 is 3.61. The van der Waals surface area contributed by atoms with Crippen molar-refractivity contribution in [2.24, 2.45) is 11.8 Å². The van der Waals surface area contributed by atoms with Crippen molar-refractivity contribution in [3.05, 3.63) is 16.4 Å². The first-order chi connectivity index (χ1) is 9.63. The zero-order chi connectivity index (χ0) is 14.5. The molecule has 1 saturated heterocycles. The van der Waals surface area contributed by atoms with E-state index in [1.165, 1.54) is 0 Å². The number of hydrogen-bond donors (Lipinski definition) is 2. The minimum Gasteiger partial charge on any atom is -0.381 e. The highest BCUT2D eigenvalue weighted by atomic mass is 79.9. The van der Waals surface area contributed by atoms with Gasteiger partial charge in [-0.25, -0.2) is 0 Å². The number of likely N-dealkylation sites (N-methyl/N-ethyl adjacent to an activating group) is 1. The van der Waals surface area contributed by atoms with Crippen molar-refractivity contribution >= 4 is 15.9 Å². The Bertz CT molecular complexity index is 417. The fraction of sp³-hybridized carbons (Fsp3) is 0.769. The van der Waals surface area contributed by atoms with E-state index in [9.17, 15) is 0 Å². The highest BCUT2D eigenvalue weighted by Crippen LogP contribution is 2.33. The Morgan fingerprint density at radius 3 is 2.85 bits per heavy atom. The first-order valence-electron chi connectivity index (χ1n) is 7.03. The van der Waals surface area contributed by atoms with Gasteiger partial charge < -0.3 is 9.64 Å². The Balaban J connectivity index is 2.17. The van der Waals surface area contributed by atoms with Crippen molar-refractivity contribution in [1.29, 1.82) is 0 Å². The summed E-state index contributed by atoms with van der Waals surface area (Å²) < 4.78 is 8.51. The SMILES string of the molecule is CN(C)CCn1ncc(Br)c1C(NN)C1CCOCC1. The molecule has 1 aliphatic rings. The molecule has 0 aliphatic carbocycles. The van der Waals surface area contributed by atoms with E-state index in [4.69, 9.17) is 10.6 Å². The molecule has 1 aliphatic heterocycles. The van der Waals surface area contributed by atoms with Gasteiger partial charge in [-0.1, -0.05) is 0 Å². The monoisotopic (exact) mass is 345 g/mol. The van der Waals surface area contributed by atoms with Gasteiger partial charge in [0.1, 0.15) is 0 Å². The van der Waals surface area contributed by atoms with Gasteiger partial charge in [-0.3, -0.25) is 16.0 Å². The molecule has 1 aromatic rings. The van der Waals surface area contributed by atoms with Crippen LogP contribution in [0.5, 0.6) is 0 Å². The number of nitrogens with two attached hydrogens (primary N) is 1. The van der Waals surface area contributed by atoms with Crippen molar-refractivity contribution in [3.8, 4) is 0 Å². The van der Waals surface area contributed by atoms with Crippen LogP contribution in [0.15, 0.2) is 10.7 Å². The van der Waals surface area contributed by atoms with E-state index in [-0.39, 0.29) is 6.04 Å². The van der Waals surface area contributed by atoms with Crippen molar-refractivity contribution in [2.75, 3.05) is 33.9 Å². The zero-order valence-corrected chi connectivity index (χ0v) is 13.8. The van der Waals surface area contributed by atoms with Gasteiger partial charge in [0.25, 0.3) is 0 Å². The van der Waals surface area contributed by atoms with Crippen LogP contribution in [0.25, 0.3) is 0 Å². The van der Waals surface area contributed by atoms with Crippen molar-refractivity contribution in [2.45, 2.75) is 25.4 Å². The maximum absolute atomic E-state index is 5.83. The summed E-state index contributed by atoms with van der Waals surface area (Å²) in [6.07, 6.45) is 3.91. The van der Waals surface area contributed by atoms with Crippen LogP contribution in [-0.2, 0) is 11.3 Å². The van der Waals surface area contributed by atoms with Gasteiger partial charge in [-0.15, -0.1) is 0 Å². The van der Waals surface area contributed by atoms with E-state index >= 15 is 0 Å². The minimum atomic E-state index is 0.109. The molecule has 1 unspecified atom stereocenters. The fourth-order valence-corrected chi connectivity index (χ4v) is 3.18. The first kappa shape index (κ1) is 15.9. The van der Waals surface area contributed by atoms with Crippen molar-refractivity contribution in [1.82, 2.24) is 20.1 Å². The molecule has 0 radical (unpaired) electrons. The standard InChI is InChI=1S/C13H24BrN5O/c1-18(2)5-6-19-13(11(14)9-16-19)12(17-15)10-3-7-20-8-4-10/h9-10,12,17H,3-8,15H2,1-2H3. The third-order valence-corrected chi connectivity index (χ3v) is 4.41. The van der Waals surface area contributed by atoms with E-state index in [0.29, 0.717) is 5.92 Å². The molecule has 3 N–H and O–H groups in total. The largest absolute Gasteiger partial charge is 0.381 e. The maximum atomic E-state index is 5.83. The highest BCUT2D eigenvalue weighted by Gasteiger charge is 2.29. The molecule has 0 spiro atoms. The van der Waals surface area contributed by atoms with Crippen LogP contribution in [0.1, 0.15) is 24.6 Å². The molecule has 0 aromatic carbocycles. The average molecular weight is 346 g/mol. The smallest absolute Gasteiger partial charge is 0.0712 e. The molecule has 0 bridgehead atoms. The number of rotatable bonds is 6. The van der Waals surface area contributed by atoms with Crippen LogP contribution in [0.4, 0.5) is 0 Å². The van der Waals surface area contributed by atoms with Crippen LogP contribution in [-0.4, -0.2) is 48.5 Å². The second kappa shape index (κ2) is 7.51. The molecule has 0 saturated carbocycles. The molecule has 0 amide bonds. The predicted octanol–water partition coefficient (Wildman–Crippen LogP) is 1.14. The van der Waals surface area contributed by atoms with Crippen LogP contribution in [0, 0.1) is 5.92 Å². The second-order valence-corrected chi connectivity index (χ2v) is 6.35. The van der Waals surface area contributed by atoms with Crippen LogP contribution >= 0.6 is 15.9 Å². The summed E-state index contributed by atoms with van der Waals surface area (Å²) in [4.78, 5) is 2.15. The topological polar surface area (TPSA) is 68.3 Å². The molecule has 1 fully saturated rings. The van der Waals surface area contributed by atoms with Gasteiger partial charge in [0, 0.05) is 19.8 Å². The lowest BCUT2D eigenvalue weighted by Crippen LogP contribution is -2.38. The Labute approximate surface area is 128 Å². The van der Waals surface area contributed by atoms with E-state index in [2.05, 4.69) is 45.4 Å². The molecule has 2 heterocycles. The normalized spacial score (nSPS) is 18.6. The van der Waals surface area contributed by atoms with Gasteiger partial charge in [-0.05, 0) is 48.8 Å². The molecular formula is C13H24BrN5O. The number of hydrazine groups is 1. The van der Waals surface area contributed by atoms with Crippen LogP contribution < -0.4 is 11.3 Å². The molecule has 20 heavy (non-hydrogen) atoms. The maximum Gasteiger partial charge on any atom is 0.0712 e. The molecular weight excluding hydrogens is 322 g/mol. The third kappa shape index (κ3) is 3.79. The number of halogens is 1. The molecule has 1 atom stereocenters. The number of hydrogen-bond acceptors (Lipinski definition) is 5. The van der Waals surface area contributed by atoms with Crippen LogP contribution in [0.3, 0.4) is 0 Å². The minimum absolute atomic E-state index is 0.109. The molecule has 6 nitrogen and oxygen atoms in total. The molecule has 1 aromatic heterocycles. The van der Waals surface area contributed by atoms with Gasteiger partial charge in [0.05, 0.1) is 29.0 Å². The second-order valence-electron chi connectivity index (χ2n) is 5.50. The van der Waals surface area contributed by atoms with Gasteiger partial charge in [-0.2, -0.15) is 5.10 Å². The van der Waals surface area contributed by atoms with Crippen molar-refractivity contribution < 1.29 is 4.74 Å². The molecule has 114 valence electrons. The lowest BCUT2D eigenvalue weighted by Gasteiger charge is -2.30. The van der Waals surface area contributed by atoms with Gasteiger partial charge in [0.2, 0.25) is 0 Å². The van der Waals surface area contributed by atoms with Crippen molar-refractivity contribution in [3.63, 3.8) is 0 Å². The van der Waals surface area contributed by atoms with Gasteiger partial charge >= 0.3 is 0 Å². The lowest BCUT2D eigenvalue weighted by molar-refractivity contribution is 0.0523. The van der Waals surface area contributed by atoms with E-state index < -0.39 is 0 Å². The summed E-state index contributed by atoms with van der Waals surface area (Å²) in [6, 6.07) is 0.109. The summed E-state index contributed by atoms with van der Waals surface area (Å²) in [6.45, 7) is 3.43. The highest BCUT2D eigenvalue weighted by molar-refractivity contribution is 9.10. The Morgan fingerprint density at radius 1 is 1.55 bits per heavy atom. The summed E-state index contributed by atoms with van der Waals surface area (Å²) in [7, 11) is 4.13. The predicted molar refractivity (Wildman–Crippen MR) is 82.1 cm³/mol. The van der Waals surface area contributed by atoms with Crippen LogP contribution in [0.2, 0.25) is 0 Å². The molecule has 7 heteroatoms. The Morgan fingerprint density at radius 2 is 2.25 bits per heavy atom.